The van der Waals surface area contributed by atoms with Crippen LogP contribution in [0.5, 0.6) is 0 Å². The molecule has 0 heterocycles. The van der Waals surface area contributed by atoms with E-state index in [1.807, 2.05) is 32.0 Å². The number of benzene rings is 1. The van der Waals surface area contributed by atoms with Gasteiger partial charge < -0.3 is 5.32 Å². The van der Waals surface area contributed by atoms with Gasteiger partial charge in [-0.25, -0.2) is 0 Å². The Kier molecular flexibility index (Phi) is 3.69. The van der Waals surface area contributed by atoms with E-state index in [0.717, 1.165) is 19.3 Å². The minimum atomic E-state index is -0.114. The van der Waals surface area contributed by atoms with Gasteiger partial charge in [0.1, 0.15) is 0 Å². The summed E-state index contributed by atoms with van der Waals surface area (Å²) < 4.78 is 0. The first-order valence-electron chi connectivity index (χ1n) is 4.89. The van der Waals surface area contributed by atoms with E-state index in [4.69, 9.17) is 0 Å². The van der Waals surface area contributed by atoms with Crippen molar-refractivity contribution in [3.05, 3.63) is 35.9 Å². The van der Waals surface area contributed by atoms with Gasteiger partial charge in [-0.1, -0.05) is 30.3 Å². The van der Waals surface area contributed by atoms with Crippen LogP contribution >= 0.6 is 0 Å². The molecule has 1 amide bonds. The molecular weight excluding hydrogens is 174 g/mol. The first kappa shape index (κ1) is 10.8. The van der Waals surface area contributed by atoms with Gasteiger partial charge in [-0.05, 0) is 32.3 Å². The number of rotatable bonds is 5. The maximum absolute atomic E-state index is 10.3. The Morgan fingerprint density at radius 3 is 2.50 bits per heavy atom. The molecule has 14 heavy (non-hydrogen) atoms. The minimum Gasteiger partial charge on any atom is -0.354 e. The smallest absolute Gasteiger partial charge is 0.207 e. The molecule has 1 aromatic carbocycles. The molecule has 0 aliphatic carbocycles. The van der Waals surface area contributed by atoms with Crippen molar-refractivity contribution in [2.24, 2.45) is 0 Å². The average Bonchev–Trinajstić information content (AvgIpc) is 2.17. The Morgan fingerprint density at radius 2 is 1.93 bits per heavy atom. The molecule has 1 N–H and O–H groups in total. The molecule has 0 unspecified atom stereocenters. The first-order chi connectivity index (χ1) is 6.64. The number of amides is 1. The molecule has 0 aliphatic rings. The van der Waals surface area contributed by atoms with Crippen molar-refractivity contribution in [3.63, 3.8) is 0 Å². The Morgan fingerprint density at radius 1 is 1.29 bits per heavy atom. The molecule has 76 valence electrons. The maximum Gasteiger partial charge on any atom is 0.207 e. The minimum absolute atomic E-state index is 0.114. The predicted octanol–water partition coefficient (Wildman–Crippen LogP) is 2.14. The number of carbonyl (C=O) groups is 1. The largest absolute Gasteiger partial charge is 0.354 e. The molecule has 0 bridgehead atoms. The average molecular weight is 191 g/mol. The topological polar surface area (TPSA) is 29.1 Å². The lowest BCUT2D eigenvalue weighted by Gasteiger charge is -2.23. The molecule has 0 saturated heterocycles. The number of carbonyl (C=O) groups excluding carboxylic acids is 1. The van der Waals surface area contributed by atoms with Crippen molar-refractivity contribution in [2.45, 2.75) is 32.2 Å². The van der Waals surface area contributed by atoms with Crippen LogP contribution in [-0.2, 0) is 11.2 Å². The summed E-state index contributed by atoms with van der Waals surface area (Å²) in [5.74, 6) is 0. The zero-order valence-electron chi connectivity index (χ0n) is 8.79. The highest BCUT2D eigenvalue weighted by Gasteiger charge is 2.15. The third kappa shape index (κ3) is 3.60. The Labute approximate surface area is 85.3 Å². The van der Waals surface area contributed by atoms with E-state index >= 15 is 0 Å². The van der Waals surface area contributed by atoms with Crippen molar-refractivity contribution >= 4 is 6.41 Å². The van der Waals surface area contributed by atoms with Crippen molar-refractivity contribution in [3.8, 4) is 0 Å². The zero-order chi connectivity index (χ0) is 10.4. The van der Waals surface area contributed by atoms with Crippen molar-refractivity contribution in [1.82, 2.24) is 5.32 Å². The van der Waals surface area contributed by atoms with E-state index < -0.39 is 0 Å². The normalized spacial score (nSPS) is 11.0. The monoisotopic (exact) mass is 191 g/mol. The number of hydrogen-bond donors (Lipinski definition) is 1. The third-order valence-electron chi connectivity index (χ3n) is 2.33. The fourth-order valence-corrected chi connectivity index (χ4v) is 1.33. The summed E-state index contributed by atoms with van der Waals surface area (Å²) in [5.41, 5.74) is 1.20. The predicted molar refractivity (Wildman–Crippen MR) is 58.0 cm³/mol. The van der Waals surface area contributed by atoms with Crippen LogP contribution in [0.4, 0.5) is 0 Å². The molecule has 0 spiro atoms. The van der Waals surface area contributed by atoms with E-state index in [0.29, 0.717) is 0 Å². The number of aryl methyl sites for hydroxylation is 1. The van der Waals surface area contributed by atoms with Gasteiger partial charge in [0.15, 0.2) is 0 Å². The molecule has 0 radical (unpaired) electrons. The van der Waals surface area contributed by atoms with Gasteiger partial charge in [0.2, 0.25) is 6.41 Å². The second kappa shape index (κ2) is 4.80. The fourth-order valence-electron chi connectivity index (χ4n) is 1.33. The SMILES string of the molecule is CC(C)(CCc1ccccc1)NC=O. The molecule has 1 rings (SSSR count). The van der Waals surface area contributed by atoms with E-state index in [2.05, 4.69) is 17.4 Å². The summed E-state index contributed by atoms with van der Waals surface area (Å²) in [6, 6.07) is 10.3. The van der Waals surface area contributed by atoms with Crippen LogP contribution in [0, 0.1) is 0 Å². The lowest BCUT2D eigenvalue weighted by molar-refractivity contribution is -0.110. The van der Waals surface area contributed by atoms with Crippen molar-refractivity contribution in [2.75, 3.05) is 0 Å². The highest BCUT2D eigenvalue weighted by Crippen LogP contribution is 2.12. The molecule has 2 heteroatoms. The summed E-state index contributed by atoms with van der Waals surface area (Å²) >= 11 is 0. The van der Waals surface area contributed by atoms with Gasteiger partial charge in [-0.3, -0.25) is 4.79 Å². The standard InChI is InChI=1S/C12H17NO/c1-12(2,13-10-14)9-8-11-6-4-3-5-7-11/h3-7,10H,8-9H2,1-2H3,(H,13,14). The third-order valence-corrected chi connectivity index (χ3v) is 2.33. The van der Waals surface area contributed by atoms with Crippen LogP contribution in [0.3, 0.4) is 0 Å². The van der Waals surface area contributed by atoms with Gasteiger partial charge in [0.25, 0.3) is 0 Å². The van der Waals surface area contributed by atoms with E-state index in [-0.39, 0.29) is 5.54 Å². The van der Waals surface area contributed by atoms with Crippen LogP contribution in [0.2, 0.25) is 0 Å². The highest BCUT2D eigenvalue weighted by atomic mass is 16.1. The second-order valence-electron chi connectivity index (χ2n) is 4.13. The van der Waals surface area contributed by atoms with Crippen LogP contribution in [0.25, 0.3) is 0 Å². The van der Waals surface area contributed by atoms with Crippen LogP contribution < -0.4 is 5.32 Å². The quantitative estimate of drug-likeness (QED) is 0.710. The van der Waals surface area contributed by atoms with Gasteiger partial charge >= 0.3 is 0 Å². The molecule has 2 nitrogen and oxygen atoms in total. The molecular formula is C12H17NO. The molecule has 0 aliphatic heterocycles. The molecule has 0 atom stereocenters. The second-order valence-corrected chi connectivity index (χ2v) is 4.13. The fraction of sp³-hybridized carbons (Fsp3) is 0.417. The summed E-state index contributed by atoms with van der Waals surface area (Å²) in [6.07, 6.45) is 2.72. The van der Waals surface area contributed by atoms with Gasteiger partial charge in [0, 0.05) is 5.54 Å². The van der Waals surface area contributed by atoms with Crippen LogP contribution in [-0.4, -0.2) is 11.9 Å². The number of nitrogens with one attached hydrogen (secondary N) is 1. The lowest BCUT2D eigenvalue weighted by Crippen LogP contribution is -2.38. The van der Waals surface area contributed by atoms with Crippen LogP contribution in [0.15, 0.2) is 30.3 Å². The van der Waals surface area contributed by atoms with E-state index in [9.17, 15) is 4.79 Å². The van der Waals surface area contributed by atoms with Crippen LogP contribution in [0.1, 0.15) is 25.8 Å². The summed E-state index contributed by atoms with van der Waals surface area (Å²) in [7, 11) is 0. The maximum atomic E-state index is 10.3. The van der Waals surface area contributed by atoms with Crippen molar-refractivity contribution in [1.29, 1.82) is 0 Å². The number of hydrogen-bond acceptors (Lipinski definition) is 1. The summed E-state index contributed by atoms with van der Waals surface area (Å²) in [4.78, 5) is 10.3. The molecule has 0 fully saturated rings. The van der Waals surface area contributed by atoms with E-state index in [1.165, 1.54) is 5.56 Å². The summed E-state index contributed by atoms with van der Waals surface area (Å²) in [5, 5.41) is 2.81. The van der Waals surface area contributed by atoms with E-state index in [1.54, 1.807) is 0 Å². The first-order valence-corrected chi connectivity index (χ1v) is 4.89. The Balaban J connectivity index is 2.44. The molecule has 0 saturated carbocycles. The zero-order valence-corrected chi connectivity index (χ0v) is 8.79. The summed E-state index contributed by atoms with van der Waals surface area (Å²) in [6.45, 7) is 4.06. The van der Waals surface area contributed by atoms with Crippen molar-refractivity contribution < 1.29 is 4.79 Å². The Hall–Kier alpha value is -1.31. The highest BCUT2D eigenvalue weighted by molar-refractivity contribution is 5.47. The van der Waals surface area contributed by atoms with Gasteiger partial charge in [-0.15, -0.1) is 0 Å². The molecule has 0 aromatic heterocycles. The lowest BCUT2D eigenvalue weighted by atomic mass is 9.96. The van der Waals surface area contributed by atoms with Gasteiger partial charge in [-0.2, -0.15) is 0 Å². The van der Waals surface area contributed by atoms with Gasteiger partial charge in [0.05, 0.1) is 0 Å². The molecule has 1 aromatic rings. The Bertz CT molecular complexity index is 280.